The van der Waals surface area contributed by atoms with Crippen LogP contribution in [0.1, 0.15) is 136 Å². The smallest absolute Gasteiger partial charge is 0.391 e. The van der Waals surface area contributed by atoms with Crippen molar-refractivity contribution in [3.05, 3.63) is 36.5 Å². The van der Waals surface area contributed by atoms with Gasteiger partial charge in [-0.15, -0.1) is 0 Å². The van der Waals surface area contributed by atoms with Crippen molar-refractivity contribution in [2.75, 3.05) is 19.8 Å². The van der Waals surface area contributed by atoms with Gasteiger partial charge in [-0.3, -0.25) is 13.8 Å². The van der Waals surface area contributed by atoms with Crippen LogP contribution in [0.4, 0.5) is 0 Å². The third-order valence-electron chi connectivity index (χ3n) is 7.01. The van der Waals surface area contributed by atoms with Gasteiger partial charge in [-0.2, -0.15) is 0 Å². The summed E-state index contributed by atoms with van der Waals surface area (Å²) in [5, 5.41) is 13.6. The van der Waals surface area contributed by atoms with Crippen LogP contribution in [0.5, 0.6) is 0 Å². The van der Waals surface area contributed by atoms with Crippen molar-refractivity contribution in [2.24, 2.45) is 5.73 Å². The fraction of sp³-hybridized carbons (Fsp3) is 0.788. The summed E-state index contributed by atoms with van der Waals surface area (Å²) in [6.45, 7) is 4.01. The Balaban J connectivity index is 4.40. The predicted octanol–water partition coefficient (Wildman–Crippen LogP) is 8.04. The van der Waals surface area contributed by atoms with E-state index < -0.39 is 20.0 Å². The van der Waals surface area contributed by atoms with E-state index in [0.717, 1.165) is 64.2 Å². The van der Waals surface area contributed by atoms with E-state index >= 15 is 0 Å². The summed E-state index contributed by atoms with van der Waals surface area (Å²) < 4.78 is 22.0. The van der Waals surface area contributed by atoms with Gasteiger partial charge in [0.15, 0.2) is 0 Å². The Morgan fingerprint density at radius 2 is 1.38 bits per heavy atom. The highest BCUT2D eigenvalue weighted by Crippen LogP contribution is 2.43. The maximum absolute atomic E-state index is 12.6. The molecule has 0 spiro atoms. The van der Waals surface area contributed by atoms with Gasteiger partial charge in [-0.05, 0) is 44.9 Å². The number of phosphoric acid groups is 1. The molecule has 3 unspecified atom stereocenters. The zero-order valence-electron chi connectivity index (χ0n) is 26.7. The molecule has 42 heavy (non-hydrogen) atoms. The highest BCUT2D eigenvalue weighted by molar-refractivity contribution is 7.47. The second-order valence-electron chi connectivity index (χ2n) is 11.0. The summed E-state index contributed by atoms with van der Waals surface area (Å²) in [6, 6.07) is -0.786. The quantitative estimate of drug-likeness (QED) is 0.0366. The molecule has 0 aromatic carbocycles. The van der Waals surface area contributed by atoms with Gasteiger partial charge in [0, 0.05) is 13.0 Å². The Morgan fingerprint density at radius 1 is 0.810 bits per heavy atom. The van der Waals surface area contributed by atoms with E-state index in [-0.39, 0.29) is 25.7 Å². The second-order valence-corrected chi connectivity index (χ2v) is 12.4. The molecule has 3 atom stereocenters. The number of aliphatic hydroxyl groups excluding tert-OH is 1. The molecule has 0 saturated carbocycles. The molecular weight excluding hydrogens is 551 g/mol. The molecule has 5 N–H and O–H groups in total. The number of rotatable bonds is 30. The Kier molecular flexibility index (Phi) is 28.9. The Hall–Kier alpha value is -1.28. The lowest BCUT2D eigenvalue weighted by Crippen LogP contribution is -2.46. The Morgan fingerprint density at radius 3 is 2.00 bits per heavy atom. The van der Waals surface area contributed by atoms with Crippen molar-refractivity contribution < 1.29 is 28.4 Å². The number of aliphatic hydroxyl groups is 1. The molecule has 0 saturated heterocycles. The summed E-state index contributed by atoms with van der Waals surface area (Å²) in [4.78, 5) is 22.5. The molecule has 8 nitrogen and oxygen atoms in total. The van der Waals surface area contributed by atoms with Crippen LogP contribution in [0, 0.1) is 0 Å². The number of unbranched alkanes of at least 4 members (excludes halogenated alkanes) is 12. The summed E-state index contributed by atoms with van der Waals surface area (Å²) in [5.74, 6) is -0.195. The first kappa shape index (κ1) is 40.7. The van der Waals surface area contributed by atoms with Crippen molar-refractivity contribution in [3.63, 3.8) is 0 Å². The number of phosphoric ester groups is 1. The normalized spacial score (nSPS) is 15.1. The van der Waals surface area contributed by atoms with Crippen LogP contribution >= 0.6 is 7.82 Å². The molecule has 0 aliphatic heterocycles. The van der Waals surface area contributed by atoms with Crippen LogP contribution in [0.25, 0.3) is 0 Å². The lowest BCUT2D eigenvalue weighted by Gasteiger charge is -2.25. The van der Waals surface area contributed by atoms with E-state index in [1.165, 1.54) is 44.9 Å². The molecular formula is C33H63N2O6P. The molecule has 0 radical (unpaired) electrons. The monoisotopic (exact) mass is 614 g/mol. The molecule has 0 rings (SSSR count). The molecule has 0 aromatic heterocycles. The number of nitrogens with two attached hydrogens (primary N) is 1. The molecule has 9 heteroatoms. The van der Waals surface area contributed by atoms with Crippen LogP contribution < -0.4 is 11.1 Å². The molecule has 0 fully saturated rings. The van der Waals surface area contributed by atoms with Crippen molar-refractivity contribution in [1.82, 2.24) is 5.32 Å². The molecule has 0 aliphatic carbocycles. The number of hydrogen-bond acceptors (Lipinski definition) is 6. The summed E-state index contributed by atoms with van der Waals surface area (Å²) in [5.41, 5.74) is 5.34. The predicted molar refractivity (Wildman–Crippen MR) is 175 cm³/mol. The van der Waals surface area contributed by atoms with Crippen LogP contribution in [0.2, 0.25) is 0 Å². The number of carbonyl (C=O) groups is 1. The van der Waals surface area contributed by atoms with Gasteiger partial charge in [-0.25, -0.2) is 4.57 Å². The summed E-state index contributed by atoms with van der Waals surface area (Å²) >= 11 is 0. The van der Waals surface area contributed by atoms with Crippen LogP contribution in [-0.2, 0) is 18.4 Å². The van der Waals surface area contributed by atoms with Gasteiger partial charge in [0.1, 0.15) is 0 Å². The van der Waals surface area contributed by atoms with Crippen molar-refractivity contribution >= 4 is 13.7 Å². The number of carbonyl (C=O) groups excluding carboxylic acids is 1. The van der Waals surface area contributed by atoms with Crippen molar-refractivity contribution in [3.8, 4) is 0 Å². The maximum Gasteiger partial charge on any atom is 0.472 e. The van der Waals surface area contributed by atoms with E-state index in [1.807, 2.05) is 0 Å². The van der Waals surface area contributed by atoms with Crippen LogP contribution in [0.15, 0.2) is 36.5 Å². The lowest BCUT2D eigenvalue weighted by atomic mass is 10.0. The summed E-state index contributed by atoms with van der Waals surface area (Å²) in [7, 11) is -4.31. The maximum atomic E-state index is 12.6. The fourth-order valence-electron chi connectivity index (χ4n) is 4.50. The van der Waals surface area contributed by atoms with Gasteiger partial charge in [0.25, 0.3) is 0 Å². The topological polar surface area (TPSA) is 131 Å². The number of hydrogen-bond donors (Lipinski definition) is 4. The van der Waals surface area contributed by atoms with Gasteiger partial charge >= 0.3 is 7.82 Å². The zero-order valence-corrected chi connectivity index (χ0v) is 27.6. The number of allylic oxidation sites excluding steroid dienone is 6. The molecule has 1 amide bonds. The lowest BCUT2D eigenvalue weighted by molar-refractivity contribution is -0.123. The van der Waals surface area contributed by atoms with Gasteiger partial charge in [0.2, 0.25) is 5.91 Å². The average Bonchev–Trinajstić information content (AvgIpc) is 2.97. The van der Waals surface area contributed by atoms with Gasteiger partial charge in [-0.1, -0.05) is 121 Å². The van der Waals surface area contributed by atoms with Crippen molar-refractivity contribution in [2.45, 2.75) is 148 Å². The van der Waals surface area contributed by atoms with Crippen LogP contribution in [0.3, 0.4) is 0 Å². The van der Waals surface area contributed by atoms with Gasteiger partial charge in [0.05, 0.1) is 25.4 Å². The second kappa shape index (κ2) is 29.8. The van der Waals surface area contributed by atoms with Crippen molar-refractivity contribution in [1.29, 1.82) is 0 Å². The van der Waals surface area contributed by atoms with E-state index in [1.54, 1.807) is 0 Å². The van der Waals surface area contributed by atoms with Gasteiger partial charge < -0.3 is 21.1 Å². The average molecular weight is 615 g/mol. The molecule has 0 aliphatic rings. The highest BCUT2D eigenvalue weighted by atomic mass is 31.2. The minimum Gasteiger partial charge on any atom is -0.391 e. The summed E-state index contributed by atoms with van der Waals surface area (Å²) in [6.07, 6.45) is 31.5. The zero-order chi connectivity index (χ0) is 31.2. The van der Waals surface area contributed by atoms with E-state index in [0.29, 0.717) is 12.8 Å². The first-order valence-electron chi connectivity index (χ1n) is 16.6. The Bertz CT molecular complexity index is 759. The number of nitrogens with one attached hydrogen (secondary N) is 1. The SMILES string of the molecule is CC/C=C\C/C=C\C/C=C\CCCCCC(=O)NC(COP(=O)(O)OCCN)C(O)CCCCCCCCCCCC. The molecule has 0 heterocycles. The first-order chi connectivity index (χ1) is 20.4. The highest BCUT2D eigenvalue weighted by Gasteiger charge is 2.27. The van der Waals surface area contributed by atoms with Crippen LogP contribution in [-0.4, -0.2) is 47.8 Å². The van der Waals surface area contributed by atoms with E-state index in [4.69, 9.17) is 14.8 Å². The third-order valence-corrected chi connectivity index (χ3v) is 7.99. The minimum atomic E-state index is -4.31. The standard InChI is InChI=1S/C33H63N2O6P/c1-3-5-7-9-11-13-15-16-17-19-21-23-25-27-33(37)35-31(30-41-42(38,39)40-29-28-34)32(36)26-24-22-20-18-14-12-10-8-6-4-2/h5,7,11,13,16-17,31-32,36H,3-4,6,8-10,12,14-15,18-30,34H2,1-2H3,(H,35,37)(H,38,39)/b7-5-,13-11-,17-16-. The number of amides is 1. The first-order valence-corrected chi connectivity index (χ1v) is 18.1. The molecule has 0 aromatic rings. The minimum absolute atomic E-state index is 0.0826. The fourth-order valence-corrected chi connectivity index (χ4v) is 5.26. The van der Waals surface area contributed by atoms with E-state index in [9.17, 15) is 19.4 Å². The largest absolute Gasteiger partial charge is 0.472 e. The Labute approximate surface area is 257 Å². The molecule has 246 valence electrons. The third kappa shape index (κ3) is 27.5. The molecule has 0 bridgehead atoms. The van der Waals surface area contributed by atoms with E-state index in [2.05, 4.69) is 55.6 Å².